The average Bonchev–Trinajstić information content (AvgIpc) is 2.30. The first-order valence-corrected chi connectivity index (χ1v) is 4.86. The zero-order valence-electron chi connectivity index (χ0n) is 9.59. The lowest BCUT2D eigenvalue weighted by Gasteiger charge is -2.29. The van der Waals surface area contributed by atoms with Gasteiger partial charge in [-0.1, -0.05) is 0 Å². The van der Waals surface area contributed by atoms with Gasteiger partial charge in [0.15, 0.2) is 0 Å². The molecule has 1 aromatic heterocycles. The van der Waals surface area contributed by atoms with Crippen molar-refractivity contribution in [3.63, 3.8) is 0 Å². The van der Waals surface area contributed by atoms with E-state index in [0.717, 1.165) is 26.2 Å². The third-order valence-corrected chi connectivity index (χ3v) is 2.41. The number of pyridine rings is 1. The van der Waals surface area contributed by atoms with Gasteiger partial charge in [0.2, 0.25) is 5.88 Å². The molecule has 0 bridgehead atoms. The van der Waals surface area contributed by atoms with Gasteiger partial charge < -0.3 is 15.0 Å². The Morgan fingerprint density at radius 2 is 1.88 bits per heavy atom. The maximum Gasteiger partial charge on any atom is 0.214 e. The molecule has 0 aromatic carbocycles. The van der Waals surface area contributed by atoms with Gasteiger partial charge >= 0.3 is 0 Å². The van der Waals surface area contributed by atoms with Gasteiger partial charge in [-0.2, -0.15) is 0 Å². The van der Waals surface area contributed by atoms with Crippen molar-refractivity contribution in [1.29, 1.82) is 0 Å². The number of halogens is 3. The normalized spacial score (nSPS) is 13.8. The van der Waals surface area contributed by atoms with E-state index in [9.17, 15) is 0 Å². The molecule has 1 fully saturated rings. The van der Waals surface area contributed by atoms with E-state index in [1.165, 1.54) is 5.69 Å². The summed E-state index contributed by atoms with van der Waals surface area (Å²) in [6.45, 7) is 4.19. The van der Waals surface area contributed by atoms with Crippen LogP contribution >= 0.6 is 37.2 Å². The molecule has 0 saturated carbocycles. The van der Waals surface area contributed by atoms with Crippen molar-refractivity contribution < 1.29 is 4.74 Å². The van der Waals surface area contributed by atoms with Gasteiger partial charge in [0.05, 0.1) is 7.11 Å². The average molecular weight is 303 g/mol. The highest BCUT2D eigenvalue weighted by Gasteiger charge is 2.10. The van der Waals surface area contributed by atoms with E-state index in [2.05, 4.69) is 15.2 Å². The summed E-state index contributed by atoms with van der Waals surface area (Å²) in [6.07, 6.45) is 1.79. The van der Waals surface area contributed by atoms with Crippen molar-refractivity contribution in [2.45, 2.75) is 0 Å². The number of rotatable bonds is 2. The number of hydrogen-bond acceptors (Lipinski definition) is 4. The second-order valence-electron chi connectivity index (χ2n) is 3.29. The molecule has 0 spiro atoms. The van der Waals surface area contributed by atoms with Gasteiger partial charge in [-0.05, 0) is 6.07 Å². The first-order chi connectivity index (χ1) is 6.90. The monoisotopic (exact) mass is 301 g/mol. The van der Waals surface area contributed by atoms with Gasteiger partial charge in [-0.3, -0.25) is 0 Å². The fourth-order valence-electron chi connectivity index (χ4n) is 1.63. The molecule has 1 aliphatic rings. The van der Waals surface area contributed by atoms with E-state index < -0.39 is 0 Å². The second kappa shape index (κ2) is 9.59. The molecule has 1 saturated heterocycles. The largest absolute Gasteiger partial charge is 0.481 e. The van der Waals surface area contributed by atoms with Crippen molar-refractivity contribution in [2.75, 3.05) is 38.2 Å². The lowest BCUT2D eigenvalue weighted by Crippen LogP contribution is -2.43. The number of anilines is 1. The Bertz CT molecular complexity index is 309. The lowest BCUT2D eigenvalue weighted by atomic mass is 10.3. The maximum absolute atomic E-state index is 5.09. The number of methoxy groups -OCH3 is 1. The maximum atomic E-state index is 5.09. The number of nitrogens with one attached hydrogen (secondary N) is 1. The van der Waals surface area contributed by atoms with Crippen LogP contribution in [0, 0.1) is 0 Å². The van der Waals surface area contributed by atoms with Crippen LogP contribution in [0.25, 0.3) is 0 Å². The number of nitrogens with zero attached hydrogens (tertiary/aromatic N) is 2. The molecular formula is C10H18Cl3N3O. The Labute approximate surface area is 120 Å². The molecule has 0 unspecified atom stereocenters. The molecule has 100 valence electrons. The van der Waals surface area contributed by atoms with Crippen LogP contribution in [0.2, 0.25) is 0 Å². The molecule has 2 heterocycles. The molecule has 0 radical (unpaired) electrons. The summed E-state index contributed by atoms with van der Waals surface area (Å²) in [7, 11) is 1.64. The van der Waals surface area contributed by atoms with E-state index in [1.807, 2.05) is 12.1 Å². The van der Waals surface area contributed by atoms with Gasteiger partial charge in [-0.15, -0.1) is 37.2 Å². The molecule has 1 aliphatic heterocycles. The summed E-state index contributed by atoms with van der Waals surface area (Å²) in [5.41, 5.74) is 1.19. The van der Waals surface area contributed by atoms with Crippen LogP contribution in [-0.4, -0.2) is 38.3 Å². The summed E-state index contributed by atoms with van der Waals surface area (Å²) in [5, 5.41) is 3.32. The van der Waals surface area contributed by atoms with Crippen LogP contribution in [0.3, 0.4) is 0 Å². The smallest absolute Gasteiger partial charge is 0.214 e. The second-order valence-corrected chi connectivity index (χ2v) is 3.29. The van der Waals surface area contributed by atoms with Crippen LogP contribution in [0.5, 0.6) is 5.88 Å². The van der Waals surface area contributed by atoms with Crippen LogP contribution in [0.1, 0.15) is 0 Å². The molecule has 1 N–H and O–H groups in total. The van der Waals surface area contributed by atoms with Gasteiger partial charge in [0.25, 0.3) is 0 Å². The van der Waals surface area contributed by atoms with E-state index in [-0.39, 0.29) is 37.2 Å². The van der Waals surface area contributed by atoms with E-state index in [4.69, 9.17) is 4.74 Å². The van der Waals surface area contributed by atoms with Crippen molar-refractivity contribution in [3.8, 4) is 5.88 Å². The van der Waals surface area contributed by atoms with Crippen LogP contribution in [0.15, 0.2) is 18.3 Å². The number of hydrogen-bond donors (Lipinski definition) is 1. The van der Waals surface area contributed by atoms with Crippen molar-refractivity contribution in [1.82, 2.24) is 10.3 Å². The number of piperazine rings is 1. The predicted molar refractivity (Wildman–Crippen MR) is 77.6 cm³/mol. The highest BCUT2D eigenvalue weighted by atomic mass is 35.5. The molecule has 1 aromatic rings. The fraction of sp³-hybridized carbons (Fsp3) is 0.500. The molecule has 0 amide bonds. The number of aromatic nitrogens is 1. The fourth-order valence-corrected chi connectivity index (χ4v) is 1.63. The first kappa shape index (κ1) is 18.9. The SMILES string of the molecule is COc1cc(N2CCNCC2)ccn1.Cl.Cl.Cl. The Morgan fingerprint density at radius 1 is 1.24 bits per heavy atom. The zero-order chi connectivity index (χ0) is 9.80. The van der Waals surface area contributed by atoms with Gasteiger partial charge in [0.1, 0.15) is 0 Å². The minimum Gasteiger partial charge on any atom is -0.481 e. The van der Waals surface area contributed by atoms with E-state index >= 15 is 0 Å². The third-order valence-electron chi connectivity index (χ3n) is 2.41. The number of ether oxygens (including phenoxy) is 1. The van der Waals surface area contributed by atoms with E-state index in [1.54, 1.807) is 13.3 Å². The van der Waals surface area contributed by atoms with Gasteiger partial charge in [0, 0.05) is 44.1 Å². The van der Waals surface area contributed by atoms with Crippen LogP contribution in [-0.2, 0) is 0 Å². The van der Waals surface area contributed by atoms with Gasteiger partial charge in [-0.25, -0.2) is 4.98 Å². The molecule has 0 atom stereocenters. The topological polar surface area (TPSA) is 37.4 Å². The molecular weight excluding hydrogens is 284 g/mol. The Hall–Kier alpha value is -0.420. The Kier molecular flexibility index (Phi) is 10.7. The molecule has 4 nitrogen and oxygen atoms in total. The Morgan fingerprint density at radius 3 is 2.47 bits per heavy atom. The van der Waals surface area contributed by atoms with Crippen molar-refractivity contribution >= 4 is 42.9 Å². The predicted octanol–water partition coefficient (Wildman–Crippen LogP) is 1.77. The molecule has 7 heteroatoms. The third kappa shape index (κ3) is 5.17. The summed E-state index contributed by atoms with van der Waals surface area (Å²) < 4.78 is 5.09. The first-order valence-electron chi connectivity index (χ1n) is 4.86. The van der Waals surface area contributed by atoms with Crippen molar-refractivity contribution in [2.24, 2.45) is 0 Å². The highest BCUT2D eigenvalue weighted by molar-refractivity contribution is 5.86. The molecule has 2 rings (SSSR count). The summed E-state index contributed by atoms with van der Waals surface area (Å²) in [6, 6.07) is 4.00. The lowest BCUT2D eigenvalue weighted by molar-refractivity contribution is 0.397. The molecule has 0 aliphatic carbocycles. The van der Waals surface area contributed by atoms with Crippen LogP contribution in [0.4, 0.5) is 5.69 Å². The standard InChI is InChI=1S/C10H15N3O.3ClH/c1-14-10-8-9(2-3-12-10)13-6-4-11-5-7-13;;;/h2-3,8,11H,4-7H2,1H3;3*1H. The Balaban J connectivity index is 0. The van der Waals surface area contributed by atoms with E-state index in [0.29, 0.717) is 5.88 Å². The molecule has 17 heavy (non-hydrogen) atoms. The minimum absolute atomic E-state index is 0. The van der Waals surface area contributed by atoms with Crippen LogP contribution < -0.4 is 15.0 Å². The summed E-state index contributed by atoms with van der Waals surface area (Å²) >= 11 is 0. The van der Waals surface area contributed by atoms with Crippen molar-refractivity contribution in [3.05, 3.63) is 18.3 Å². The summed E-state index contributed by atoms with van der Waals surface area (Å²) in [5.74, 6) is 0.682. The minimum atomic E-state index is 0. The quantitative estimate of drug-likeness (QED) is 0.903. The zero-order valence-corrected chi connectivity index (χ0v) is 12.0. The summed E-state index contributed by atoms with van der Waals surface area (Å²) in [4.78, 5) is 6.42. The highest BCUT2D eigenvalue weighted by Crippen LogP contribution is 2.18.